The molecule has 29 heavy (non-hydrogen) atoms. The van der Waals surface area contributed by atoms with Gasteiger partial charge in [-0.15, -0.1) is 11.3 Å². The molecule has 1 aliphatic carbocycles. The van der Waals surface area contributed by atoms with Gasteiger partial charge in [0.1, 0.15) is 0 Å². The van der Waals surface area contributed by atoms with Gasteiger partial charge in [0.15, 0.2) is 0 Å². The molecule has 1 aliphatic heterocycles. The number of carbonyl (C=O) groups excluding carboxylic acids is 2. The predicted molar refractivity (Wildman–Crippen MR) is 117 cm³/mol. The molecule has 2 heterocycles. The second-order valence-electron chi connectivity index (χ2n) is 8.97. The third-order valence-electron chi connectivity index (χ3n) is 6.52. The van der Waals surface area contributed by atoms with Crippen LogP contribution in [0.5, 0.6) is 0 Å². The van der Waals surface area contributed by atoms with Gasteiger partial charge in [-0.05, 0) is 50.2 Å². The molecule has 2 aromatic rings. The van der Waals surface area contributed by atoms with E-state index in [9.17, 15) is 9.59 Å². The van der Waals surface area contributed by atoms with Gasteiger partial charge in [-0.1, -0.05) is 37.3 Å². The summed E-state index contributed by atoms with van der Waals surface area (Å²) in [4.78, 5) is 31.6. The van der Waals surface area contributed by atoms with Crippen LogP contribution in [-0.2, 0) is 23.1 Å². The number of piperazine rings is 1. The van der Waals surface area contributed by atoms with Crippen LogP contribution in [0.1, 0.15) is 53.6 Å². The average Bonchev–Trinajstić information content (AvgIpc) is 3.16. The van der Waals surface area contributed by atoms with Crippen LogP contribution in [-0.4, -0.2) is 47.8 Å². The minimum atomic E-state index is -0.559. The lowest BCUT2D eigenvalue weighted by atomic mass is 9.83. The molecule has 154 valence electrons. The summed E-state index contributed by atoms with van der Waals surface area (Å²) in [5.41, 5.74) is 2.65. The molecule has 5 heteroatoms. The van der Waals surface area contributed by atoms with Crippen molar-refractivity contribution in [3.63, 3.8) is 0 Å². The zero-order chi connectivity index (χ0) is 20.6. The summed E-state index contributed by atoms with van der Waals surface area (Å²) in [6.45, 7) is 8.68. The Bertz CT molecular complexity index is 895. The number of hydrogen-bond acceptors (Lipinski definition) is 3. The van der Waals surface area contributed by atoms with E-state index in [1.165, 1.54) is 16.9 Å². The summed E-state index contributed by atoms with van der Waals surface area (Å²) in [5, 5.41) is 2.06. The molecule has 4 nitrogen and oxygen atoms in total. The minimum Gasteiger partial charge on any atom is -0.338 e. The van der Waals surface area contributed by atoms with E-state index >= 15 is 0 Å². The maximum Gasteiger partial charge on any atom is 0.255 e. The standard InChI is InChI=1S/C24H30N2O2S/c1-17-9-10-19-20(16-29-21(19)15-17)22(27)25-11-13-26(14-12-25)23(28)24(2,3)18-7-5-4-6-8-18/h4-8,16-17H,9-15H2,1-3H3. The predicted octanol–water partition coefficient (Wildman–Crippen LogP) is 4.14. The summed E-state index contributed by atoms with van der Waals surface area (Å²) in [6.07, 6.45) is 3.29. The van der Waals surface area contributed by atoms with Gasteiger partial charge in [0.25, 0.3) is 5.91 Å². The van der Waals surface area contributed by atoms with Crippen molar-refractivity contribution in [1.82, 2.24) is 9.80 Å². The fraction of sp³-hybridized carbons (Fsp3) is 0.500. The van der Waals surface area contributed by atoms with Crippen LogP contribution in [0.3, 0.4) is 0 Å². The normalized spacial score (nSPS) is 19.8. The van der Waals surface area contributed by atoms with Gasteiger partial charge >= 0.3 is 0 Å². The van der Waals surface area contributed by atoms with Crippen molar-refractivity contribution >= 4 is 23.2 Å². The van der Waals surface area contributed by atoms with Crippen LogP contribution in [0, 0.1) is 5.92 Å². The Labute approximate surface area is 177 Å². The van der Waals surface area contributed by atoms with E-state index in [0.29, 0.717) is 32.1 Å². The van der Waals surface area contributed by atoms with E-state index in [2.05, 4.69) is 12.3 Å². The van der Waals surface area contributed by atoms with Crippen LogP contribution in [0.4, 0.5) is 0 Å². The summed E-state index contributed by atoms with van der Waals surface area (Å²) in [5.74, 6) is 0.996. The largest absolute Gasteiger partial charge is 0.338 e. The van der Waals surface area contributed by atoms with Gasteiger partial charge in [0.2, 0.25) is 5.91 Å². The SMILES string of the molecule is CC1CCc2c(C(=O)N3CCN(C(=O)C(C)(C)c4ccccc4)CC3)csc2C1. The zero-order valence-corrected chi connectivity index (χ0v) is 18.4. The number of carbonyl (C=O) groups is 2. The molecule has 0 saturated carbocycles. The van der Waals surface area contributed by atoms with Crippen LogP contribution < -0.4 is 0 Å². The summed E-state index contributed by atoms with van der Waals surface area (Å²) < 4.78 is 0. The van der Waals surface area contributed by atoms with Crippen molar-refractivity contribution in [2.24, 2.45) is 5.92 Å². The van der Waals surface area contributed by atoms with Crippen molar-refractivity contribution in [3.8, 4) is 0 Å². The number of thiophene rings is 1. The van der Waals surface area contributed by atoms with E-state index in [-0.39, 0.29) is 11.8 Å². The van der Waals surface area contributed by atoms with E-state index in [0.717, 1.165) is 24.0 Å². The average molecular weight is 411 g/mol. The lowest BCUT2D eigenvalue weighted by molar-refractivity contribution is -0.137. The maximum atomic E-state index is 13.2. The smallest absolute Gasteiger partial charge is 0.255 e. The molecule has 1 fully saturated rings. The number of nitrogens with zero attached hydrogens (tertiary/aromatic N) is 2. The molecule has 1 aromatic heterocycles. The van der Waals surface area contributed by atoms with Gasteiger partial charge < -0.3 is 9.80 Å². The molecule has 0 spiro atoms. The van der Waals surface area contributed by atoms with E-state index in [1.807, 2.05) is 54.0 Å². The third kappa shape index (κ3) is 3.85. The lowest BCUT2D eigenvalue weighted by Gasteiger charge is -2.39. The third-order valence-corrected chi connectivity index (χ3v) is 7.57. The van der Waals surface area contributed by atoms with Crippen LogP contribution >= 0.6 is 11.3 Å². The number of benzene rings is 1. The van der Waals surface area contributed by atoms with Crippen molar-refractivity contribution in [2.45, 2.75) is 45.4 Å². The molecule has 2 aliphatic rings. The monoisotopic (exact) mass is 410 g/mol. The minimum absolute atomic E-state index is 0.137. The molecule has 1 atom stereocenters. The maximum absolute atomic E-state index is 13.2. The Kier molecular flexibility index (Phi) is 5.52. The van der Waals surface area contributed by atoms with Gasteiger partial charge in [0.05, 0.1) is 11.0 Å². The zero-order valence-electron chi connectivity index (χ0n) is 17.6. The number of fused-ring (bicyclic) bond motifs is 1. The van der Waals surface area contributed by atoms with Crippen LogP contribution in [0.15, 0.2) is 35.7 Å². The van der Waals surface area contributed by atoms with E-state index in [4.69, 9.17) is 0 Å². The fourth-order valence-corrected chi connectivity index (χ4v) is 5.75. The quantitative estimate of drug-likeness (QED) is 0.763. The van der Waals surface area contributed by atoms with E-state index < -0.39 is 5.41 Å². The molecule has 1 aromatic carbocycles. The van der Waals surface area contributed by atoms with Crippen LogP contribution in [0.25, 0.3) is 0 Å². The highest BCUT2D eigenvalue weighted by molar-refractivity contribution is 7.10. The first-order valence-corrected chi connectivity index (χ1v) is 11.5. The molecule has 2 amide bonds. The van der Waals surface area contributed by atoms with Gasteiger partial charge in [-0.3, -0.25) is 9.59 Å². The van der Waals surface area contributed by atoms with Gasteiger partial charge in [-0.2, -0.15) is 0 Å². The van der Waals surface area contributed by atoms with Crippen molar-refractivity contribution in [3.05, 3.63) is 57.3 Å². The van der Waals surface area contributed by atoms with Crippen molar-refractivity contribution in [2.75, 3.05) is 26.2 Å². The Balaban J connectivity index is 1.41. The topological polar surface area (TPSA) is 40.6 Å². The molecule has 0 N–H and O–H groups in total. The first-order chi connectivity index (χ1) is 13.9. The molecular formula is C24H30N2O2S. The summed E-state index contributed by atoms with van der Waals surface area (Å²) >= 11 is 1.74. The van der Waals surface area contributed by atoms with Crippen molar-refractivity contribution < 1.29 is 9.59 Å². The first-order valence-electron chi connectivity index (χ1n) is 10.6. The van der Waals surface area contributed by atoms with E-state index in [1.54, 1.807) is 11.3 Å². The van der Waals surface area contributed by atoms with Crippen LogP contribution in [0.2, 0.25) is 0 Å². The number of amides is 2. The molecule has 0 radical (unpaired) electrons. The first kappa shape index (κ1) is 20.1. The Morgan fingerprint density at radius 3 is 2.38 bits per heavy atom. The lowest BCUT2D eigenvalue weighted by Crippen LogP contribution is -2.54. The molecule has 1 saturated heterocycles. The molecule has 4 rings (SSSR count). The highest BCUT2D eigenvalue weighted by atomic mass is 32.1. The van der Waals surface area contributed by atoms with Gasteiger partial charge in [0, 0.05) is 36.4 Å². The van der Waals surface area contributed by atoms with Crippen molar-refractivity contribution in [1.29, 1.82) is 0 Å². The second kappa shape index (κ2) is 7.94. The second-order valence-corrected chi connectivity index (χ2v) is 9.94. The summed E-state index contributed by atoms with van der Waals surface area (Å²) in [6, 6.07) is 9.95. The number of rotatable bonds is 3. The molecular weight excluding hydrogens is 380 g/mol. The molecule has 0 bridgehead atoms. The highest BCUT2D eigenvalue weighted by Crippen LogP contribution is 2.33. The highest BCUT2D eigenvalue weighted by Gasteiger charge is 2.36. The fourth-order valence-electron chi connectivity index (χ4n) is 4.51. The Hall–Kier alpha value is -2.14. The Morgan fingerprint density at radius 1 is 1.03 bits per heavy atom. The number of hydrogen-bond donors (Lipinski definition) is 0. The Morgan fingerprint density at radius 2 is 1.69 bits per heavy atom. The summed E-state index contributed by atoms with van der Waals surface area (Å²) in [7, 11) is 0. The van der Waals surface area contributed by atoms with Gasteiger partial charge in [-0.25, -0.2) is 0 Å². The molecule has 1 unspecified atom stereocenters.